The Morgan fingerprint density at radius 2 is 1.90 bits per heavy atom. The number of thioether (sulfide) groups is 1. The molecule has 8 nitrogen and oxygen atoms in total. The fourth-order valence-electron chi connectivity index (χ4n) is 2.91. The van der Waals surface area contributed by atoms with Crippen molar-refractivity contribution in [1.82, 2.24) is 20.2 Å². The second-order valence-corrected chi connectivity index (χ2v) is 8.28. The molecule has 0 bridgehead atoms. The molecule has 10 heteroatoms. The Morgan fingerprint density at radius 3 is 2.60 bits per heavy atom. The van der Waals surface area contributed by atoms with Crippen LogP contribution >= 0.6 is 23.4 Å². The molecule has 1 amide bonds. The summed E-state index contributed by atoms with van der Waals surface area (Å²) in [6, 6.07) is 11.3. The minimum Gasteiger partial charge on any atom is -0.486 e. The number of carbonyl (C=O) groups is 1. The third-order valence-electron chi connectivity index (χ3n) is 4.48. The van der Waals surface area contributed by atoms with Gasteiger partial charge in [0, 0.05) is 12.1 Å². The molecule has 0 saturated heterocycles. The predicted molar refractivity (Wildman–Crippen MR) is 115 cm³/mol. The summed E-state index contributed by atoms with van der Waals surface area (Å²) in [5, 5.41) is 15.5. The lowest BCUT2D eigenvalue weighted by Gasteiger charge is -2.20. The first kappa shape index (κ1) is 20.5. The van der Waals surface area contributed by atoms with Gasteiger partial charge in [-0.3, -0.25) is 4.79 Å². The van der Waals surface area contributed by atoms with Gasteiger partial charge in [-0.1, -0.05) is 49.3 Å². The molecule has 0 saturated carbocycles. The Balaban J connectivity index is 1.41. The van der Waals surface area contributed by atoms with Crippen molar-refractivity contribution in [2.45, 2.75) is 24.9 Å². The van der Waals surface area contributed by atoms with Crippen LogP contribution in [0.15, 0.2) is 41.6 Å². The lowest BCUT2D eigenvalue weighted by atomic mass is 10.0. The van der Waals surface area contributed by atoms with Crippen LogP contribution in [-0.2, 0) is 4.79 Å². The summed E-state index contributed by atoms with van der Waals surface area (Å²) in [6.07, 6.45) is 0. The van der Waals surface area contributed by atoms with Gasteiger partial charge in [-0.25, -0.2) is 0 Å². The second kappa shape index (κ2) is 8.93. The SMILES string of the molecule is CC(C)c1ccc(-n2nnnc2SCC(=O)Nc2cc3c(cc2Cl)OCCO3)cc1. The summed E-state index contributed by atoms with van der Waals surface area (Å²) in [7, 11) is 0. The van der Waals surface area contributed by atoms with Gasteiger partial charge in [0.05, 0.1) is 22.2 Å². The summed E-state index contributed by atoms with van der Waals surface area (Å²) in [5.74, 6) is 1.46. The Hall–Kier alpha value is -2.78. The van der Waals surface area contributed by atoms with Gasteiger partial charge in [0.25, 0.3) is 0 Å². The fourth-order valence-corrected chi connectivity index (χ4v) is 3.80. The van der Waals surface area contributed by atoms with Crippen LogP contribution in [0.1, 0.15) is 25.3 Å². The van der Waals surface area contributed by atoms with Crippen molar-refractivity contribution in [3.63, 3.8) is 0 Å². The average molecular weight is 446 g/mol. The van der Waals surface area contributed by atoms with E-state index in [2.05, 4.69) is 34.7 Å². The molecular weight excluding hydrogens is 426 g/mol. The first-order valence-corrected chi connectivity index (χ1v) is 10.8. The van der Waals surface area contributed by atoms with E-state index in [1.54, 1.807) is 16.8 Å². The van der Waals surface area contributed by atoms with E-state index in [-0.39, 0.29) is 11.7 Å². The Kier molecular flexibility index (Phi) is 6.10. The van der Waals surface area contributed by atoms with E-state index in [4.69, 9.17) is 21.1 Å². The summed E-state index contributed by atoms with van der Waals surface area (Å²) in [5.41, 5.74) is 2.54. The lowest BCUT2D eigenvalue weighted by Crippen LogP contribution is -2.17. The molecule has 2 heterocycles. The Bertz CT molecular complexity index is 1060. The Morgan fingerprint density at radius 1 is 1.20 bits per heavy atom. The van der Waals surface area contributed by atoms with Crippen molar-refractivity contribution in [2.24, 2.45) is 0 Å². The number of fused-ring (bicyclic) bond motifs is 1. The molecule has 1 N–H and O–H groups in total. The number of tetrazole rings is 1. The van der Waals surface area contributed by atoms with Crippen molar-refractivity contribution >= 4 is 35.0 Å². The largest absolute Gasteiger partial charge is 0.486 e. The van der Waals surface area contributed by atoms with Gasteiger partial charge in [-0.2, -0.15) is 4.68 Å². The maximum Gasteiger partial charge on any atom is 0.234 e. The first-order chi connectivity index (χ1) is 14.5. The third-order valence-corrected chi connectivity index (χ3v) is 5.72. The van der Waals surface area contributed by atoms with Crippen molar-refractivity contribution in [3.8, 4) is 17.2 Å². The molecule has 30 heavy (non-hydrogen) atoms. The third kappa shape index (κ3) is 4.52. The number of anilines is 1. The molecule has 3 aromatic rings. The minimum atomic E-state index is -0.233. The zero-order valence-electron chi connectivity index (χ0n) is 16.5. The summed E-state index contributed by atoms with van der Waals surface area (Å²) in [6.45, 7) is 5.21. The lowest BCUT2D eigenvalue weighted by molar-refractivity contribution is -0.113. The van der Waals surface area contributed by atoms with Crippen molar-refractivity contribution < 1.29 is 14.3 Å². The van der Waals surface area contributed by atoms with Crippen LogP contribution in [0.3, 0.4) is 0 Å². The van der Waals surface area contributed by atoms with Crippen molar-refractivity contribution in [2.75, 3.05) is 24.3 Å². The summed E-state index contributed by atoms with van der Waals surface area (Å²) in [4.78, 5) is 12.5. The standard InChI is InChI=1S/C20H20ClN5O3S/c1-12(2)13-3-5-14(6-4-13)26-20(23-24-25-26)30-11-19(27)22-16-10-18-17(9-15(16)21)28-7-8-29-18/h3-6,9-10,12H,7-8,11H2,1-2H3,(H,22,27). The number of hydrogen-bond acceptors (Lipinski definition) is 7. The summed E-state index contributed by atoms with van der Waals surface area (Å²) < 4.78 is 12.6. The van der Waals surface area contributed by atoms with E-state index in [0.717, 1.165) is 5.69 Å². The van der Waals surface area contributed by atoms with Crippen LogP contribution in [0.4, 0.5) is 5.69 Å². The number of halogens is 1. The molecule has 4 rings (SSSR count). The highest BCUT2D eigenvalue weighted by atomic mass is 35.5. The van der Waals surface area contributed by atoms with Crippen LogP contribution in [-0.4, -0.2) is 45.1 Å². The van der Waals surface area contributed by atoms with E-state index in [1.807, 2.05) is 24.3 Å². The fraction of sp³-hybridized carbons (Fsp3) is 0.300. The number of nitrogens with zero attached hydrogens (tertiary/aromatic N) is 4. The number of carbonyl (C=O) groups excluding carboxylic acids is 1. The van der Waals surface area contributed by atoms with Crippen LogP contribution < -0.4 is 14.8 Å². The zero-order valence-corrected chi connectivity index (χ0v) is 18.0. The number of aromatic nitrogens is 4. The molecule has 1 aliphatic heterocycles. The highest BCUT2D eigenvalue weighted by molar-refractivity contribution is 7.99. The molecular formula is C20H20ClN5O3S. The minimum absolute atomic E-state index is 0.120. The van der Waals surface area contributed by atoms with Gasteiger partial charge in [-0.05, 0) is 34.0 Å². The number of nitrogens with one attached hydrogen (secondary N) is 1. The quantitative estimate of drug-likeness (QED) is 0.574. The molecule has 1 aliphatic rings. The molecule has 156 valence electrons. The van der Waals surface area contributed by atoms with E-state index in [1.165, 1.54) is 17.3 Å². The second-order valence-electron chi connectivity index (χ2n) is 6.93. The van der Waals surface area contributed by atoms with Gasteiger partial charge in [0.2, 0.25) is 11.1 Å². The number of benzene rings is 2. The molecule has 2 aromatic carbocycles. The van der Waals surface area contributed by atoms with Crippen LogP contribution in [0.5, 0.6) is 11.5 Å². The Labute approximate surface area is 182 Å². The monoisotopic (exact) mass is 445 g/mol. The van der Waals surface area contributed by atoms with Crippen molar-refractivity contribution in [3.05, 3.63) is 47.0 Å². The molecule has 0 radical (unpaired) electrons. The highest BCUT2D eigenvalue weighted by Gasteiger charge is 2.17. The molecule has 0 spiro atoms. The molecule has 0 aliphatic carbocycles. The molecule has 0 atom stereocenters. The maximum absolute atomic E-state index is 12.5. The maximum atomic E-state index is 12.5. The number of ether oxygens (including phenoxy) is 2. The highest BCUT2D eigenvalue weighted by Crippen LogP contribution is 2.38. The van der Waals surface area contributed by atoms with E-state index >= 15 is 0 Å². The molecule has 0 unspecified atom stereocenters. The zero-order chi connectivity index (χ0) is 21.1. The van der Waals surface area contributed by atoms with Gasteiger partial charge in [-0.15, -0.1) is 5.10 Å². The van der Waals surface area contributed by atoms with E-state index in [9.17, 15) is 4.79 Å². The van der Waals surface area contributed by atoms with E-state index < -0.39 is 0 Å². The van der Waals surface area contributed by atoms with Gasteiger partial charge >= 0.3 is 0 Å². The average Bonchev–Trinajstić information content (AvgIpc) is 3.21. The van der Waals surface area contributed by atoms with Gasteiger partial charge in [0.1, 0.15) is 13.2 Å². The van der Waals surface area contributed by atoms with Gasteiger partial charge in [0.15, 0.2) is 11.5 Å². The first-order valence-electron chi connectivity index (χ1n) is 9.42. The summed E-state index contributed by atoms with van der Waals surface area (Å²) >= 11 is 7.49. The predicted octanol–water partition coefficient (Wildman–Crippen LogP) is 3.94. The normalized spacial score (nSPS) is 12.8. The topological polar surface area (TPSA) is 91.2 Å². The smallest absolute Gasteiger partial charge is 0.234 e. The van der Waals surface area contributed by atoms with Crippen LogP contribution in [0.25, 0.3) is 5.69 Å². The van der Waals surface area contributed by atoms with Crippen LogP contribution in [0, 0.1) is 0 Å². The number of hydrogen-bond donors (Lipinski definition) is 1. The van der Waals surface area contributed by atoms with Crippen molar-refractivity contribution in [1.29, 1.82) is 0 Å². The number of amides is 1. The van der Waals surface area contributed by atoms with Gasteiger partial charge < -0.3 is 14.8 Å². The molecule has 0 fully saturated rings. The van der Waals surface area contributed by atoms with E-state index in [0.29, 0.717) is 46.5 Å². The molecule has 1 aromatic heterocycles. The number of rotatable bonds is 6. The van der Waals surface area contributed by atoms with Crippen LogP contribution in [0.2, 0.25) is 5.02 Å².